The lowest BCUT2D eigenvalue weighted by Gasteiger charge is -2.37. The molecule has 2 heterocycles. The second kappa shape index (κ2) is 8.76. The minimum atomic E-state index is 0.157. The van der Waals surface area contributed by atoms with E-state index in [2.05, 4.69) is 59.4 Å². The third kappa shape index (κ3) is 5.20. The summed E-state index contributed by atoms with van der Waals surface area (Å²) >= 11 is 0. The molecule has 1 aliphatic carbocycles. The van der Waals surface area contributed by atoms with Gasteiger partial charge in [0.05, 0.1) is 12.2 Å². The van der Waals surface area contributed by atoms with Gasteiger partial charge in [-0.3, -0.25) is 9.78 Å². The maximum atomic E-state index is 12.3. The fourth-order valence-corrected chi connectivity index (χ4v) is 4.43. The Morgan fingerprint density at radius 1 is 1.10 bits per heavy atom. The van der Waals surface area contributed by atoms with Gasteiger partial charge in [0.25, 0.3) is 0 Å². The summed E-state index contributed by atoms with van der Waals surface area (Å²) in [5.74, 6) is 0.752. The number of pyridine rings is 1. The van der Waals surface area contributed by atoms with Gasteiger partial charge in [0.1, 0.15) is 0 Å². The minimum Gasteiger partial charge on any atom is -0.372 e. The van der Waals surface area contributed by atoms with E-state index in [9.17, 15) is 4.79 Å². The standard InChI is InChI=1S/C25H33N3O2/c1-16-9-21(10-17(2)27-16)24-8-7-23(28-14-18(3)30-19(4)15-28)12-22(24)13-26-25(29)11-20-5-6-20/h7-10,12,18-20H,5-6,11,13-15H2,1-4H3,(H,26,29). The lowest BCUT2D eigenvalue weighted by Crippen LogP contribution is -2.45. The van der Waals surface area contributed by atoms with E-state index < -0.39 is 0 Å². The third-order valence-electron chi connectivity index (χ3n) is 5.91. The van der Waals surface area contributed by atoms with Gasteiger partial charge in [-0.1, -0.05) is 6.07 Å². The third-order valence-corrected chi connectivity index (χ3v) is 5.91. The highest BCUT2D eigenvalue weighted by Crippen LogP contribution is 2.33. The molecule has 2 aromatic rings. The number of morpholine rings is 1. The van der Waals surface area contributed by atoms with E-state index in [1.165, 1.54) is 18.5 Å². The number of hydrogen-bond acceptors (Lipinski definition) is 4. The fraction of sp³-hybridized carbons (Fsp3) is 0.520. The Kier molecular flexibility index (Phi) is 6.09. The summed E-state index contributed by atoms with van der Waals surface area (Å²) in [5.41, 5.74) is 6.67. The van der Waals surface area contributed by atoms with Crippen molar-refractivity contribution in [1.29, 1.82) is 0 Å². The van der Waals surface area contributed by atoms with Crippen molar-refractivity contribution in [2.24, 2.45) is 5.92 Å². The zero-order valence-corrected chi connectivity index (χ0v) is 18.6. The van der Waals surface area contributed by atoms with E-state index in [0.717, 1.165) is 41.2 Å². The predicted molar refractivity (Wildman–Crippen MR) is 121 cm³/mol. The van der Waals surface area contributed by atoms with Crippen LogP contribution < -0.4 is 10.2 Å². The number of anilines is 1. The van der Waals surface area contributed by atoms with Crippen LogP contribution in [0.3, 0.4) is 0 Å². The van der Waals surface area contributed by atoms with Crippen LogP contribution in [0.1, 0.15) is 50.1 Å². The molecule has 30 heavy (non-hydrogen) atoms. The van der Waals surface area contributed by atoms with Crippen LogP contribution in [0.5, 0.6) is 0 Å². The Hall–Kier alpha value is -2.40. The second-order valence-corrected chi connectivity index (χ2v) is 9.07. The molecule has 2 unspecified atom stereocenters. The molecule has 0 bridgehead atoms. The summed E-state index contributed by atoms with van der Waals surface area (Å²) in [4.78, 5) is 19.3. The van der Waals surface area contributed by atoms with Crippen molar-refractivity contribution >= 4 is 11.6 Å². The van der Waals surface area contributed by atoms with Gasteiger partial charge in [-0.05, 0) is 87.4 Å². The van der Waals surface area contributed by atoms with Gasteiger partial charge < -0.3 is 15.0 Å². The van der Waals surface area contributed by atoms with Crippen LogP contribution in [0.2, 0.25) is 0 Å². The van der Waals surface area contributed by atoms with Gasteiger partial charge in [0.2, 0.25) is 5.91 Å². The van der Waals surface area contributed by atoms with Crippen LogP contribution in [0.25, 0.3) is 11.1 Å². The van der Waals surface area contributed by atoms with Gasteiger partial charge in [-0.25, -0.2) is 0 Å². The molecule has 0 radical (unpaired) electrons. The van der Waals surface area contributed by atoms with Gasteiger partial charge in [-0.15, -0.1) is 0 Å². The largest absolute Gasteiger partial charge is 0.372 e. The number of ether oxygens (including phenoxy) is 1. The average Bonchev–Trinajstić information content (AvgIpc) is 3.48. The van der Waals surface area contributed by atoms with E-state index in [4.69, 9.17) is 4.74 Å². The summed E-state index contributed by atoms with van der Waals surface area (Å²) in [6.45, 7) is 10.6. The number of carbonyl (C=O) groups is 1. The molecule has 1 saturated carbocycles. The van der Waals surface area contributed by atoms with Crippen molar-refractivity contribution in [3.05, 3.63) is 47.3 Å². The number of hydrogen-bond donors (Lipinski definition) is 1. The Balaban J connectivity index is 1.63. The van der Waals surface area contributed by atoms with E-state index >= 15 is 0 Å². The Labute approximate surface area is 179 Å². The van der Waals surface area contributed by atoms with Crippen LogP contribution in [0.15, 0.2) is 30.3 Å². The van der Waals surface area contributed by atoms with Crippen LogP contribution in [0.4, 0.5) is 5.69 Å². The lowest BCUT2D eigenvalue weighted by atomic mass is 9.97. The molecule has 1 saturated heterocycles. The maximum Gasteiger partial charge on any atom is 0.220 e. The lowest BCUT2D eigenvalue weighted by molar-refractivity contribution is -0.121. The summed E-state index contributed by atoms with van der Waals surface area (Å²) in [6.07, 6.45) is 3.45. The van der Waals surface area contributed by atoms with Gasteiger partial charge in [-0.2, -0.15) is 0 Å². The zero-order chi connectivity index (χ0) is 21.3. The van der Waals surface area contributed by atoms with Crippen LogP contribution >= 0.6 is 0 Å². The van der Waals surface area contributed by atoms with Crippen LogP contribution in [-0.4, -0.2) is 36.2 Å². The van der Waals surface area contributed by atoms with Crippen molar-refractivity contribution in [2.45, 2.75) is 65.7 Å². The Morgan fingerprint density at radius 2 is 1.77 bits per heavy atom. The second-order valence-electron chi connectivity index (χ2n) is 9.07. The van der Waals surface area contributed by atoms with Crippen molar-refractivity contribution < 1.29 is 9.53 Å². The van der Waals surface area contributed by atoms with Crippen molar-refractivity contribution in [3.8, 4) is 11.1 Å². The first-order chi connectivity index (χ1) is 14.4. The predicted octanol–water partition coefficient (Wildman–Crippen LogP) is 4.40. The van der Waals surface area contributed by atoms with Crippen LogP contribution in [-0.2, 0) is 16.1 Å². The van der Waals surface area contributed by atoms with Gasteiger partial charge >= 0.3 is 0 Å². The number of benzene rings is 1. The number of nitrogens with zero attached hydrogens (tertiary/aromatic N) is 2. The number of rotatable bonds is 6. The Morgan fingerprint density at radius 3 is 2.40 bits per heavy atom. The molecular formula is C25H33N3O2. The maximum absolute atomic E-state index is 12.3. The summed E-state index contributed by atoms with van der Waals surface area (Å²) in [6, 6.07) is 10.9. The number of aromatic nitrogens is 1. The van der Waals surface area contributed by atoms with E-state index in [-0.39, 0.29) is 18.1 Å². The van der Waals surface area contributed by atoms with Crippen molar-refractivity contribution in [3.63, 3.8) is 0 Å². The van der Waals surface area contributed by atoms with Crippen molar-refractivity contribution in [1.82, 2.24) is 10.3 Å². The van der Waals surface area contributed by atoms with E-state index in [0.29, 0.717) is 18.9 Å². The number of aryl methyl sites for hydroxylation is 2. The molecule has 1 N–H and O–H groups in total. The van der Waals surface area contributed by atoms with Crippen LogP contribution in [0, 0.1) is 19.8 Å². The van der Waals surface area contributed by atoms with E-state index in [1.54, 1.807) is 0 Å². The quantitative estimate of drug-likeness (QED) is 0.771. The molecule has 5 nitrogen and oxygen atoms in total. The highest BCUT2D eigenvalue weighted by Gasteiger charge is 2.25. The Bertz CT molecular complexity index is 892. The number of nitrogens with one attached hydrogen (secondary N) is 1. The molecule has 1 aliphatic heterocycles. The first kappa shape index (κ1) is 20.9. The molecule has 2 atom stereocenters. The van der Waals surface area contributed by atoms with Gasteiger partial charge in [0, 0.05) is 43.1 Å². The first-order valence-corrected chi connectivity index (χ1v) is 11.1. The molecule has 0 spiro atoms. The number of amides is 1. The highest BCUT2D eigenvalue weighted by molar-refractivity contribution is 5.77. The zero-order valence-electron chi connectivity index (χ0n) is 18.6. The SMILES string of the molecule is Cc1cc(-c2ccc(N3CC(C)OC(C)C3)cc2CNC(=O)CC2CC2)cc(C)n1. The fourth-order valence-electron chi connectivity index (χ4n) is 4.43. The van der Waals surface area contributed by atoms with Gasteiger partial charge in [0.15, 0.2) is 0 Å². The molecule has 1 aromatic heterocycles. The smallest absolute Gasteiger partial charge is 0.220 e. The topological polar surface area (TPSA) is 54.5 Å². The normalized spacial score (nSPS) is 21.5. The van der Waals surface area contributed by atoms with E-state index in [1.807, 2.05) is 13.8 Å². The molecule has 4 rings (SSSR count). The molecule has 160 valence electrons. The molecule has 5 heteroatoms. The summed E-state index contributed by atoms with van der Waals surface area (Å²) in [5, 5.41) is 3.16. The first-order valence-electron chi connectivity index (χ1n) is 11.1. The van der Waals surface area contributed by atoms with Crippen molar-refractivity contribution in [2.75, 3.05) is 18.0 Å². The monoisotopic (exact) mass is 407 g/mol. The average molecular weight is 408 g/mol. The molecule has 2 fully saturated rings. The molecular weight excluding hydrogens is 374 g/mol. The summed E-state index contributed by atoms with van der Waals surface area (Å²) < 4.78 is 5.90. The minimum absolute atomic E-state index is 0.157. The summed E-state index contributed by atoms with van der Waals surface area (Å²) in [7, 11) is 0. The molecule has 1 aromatic carbocycles. The molecule has 2 aliphatic rings. The molecule has 1 amide bonds. The highest BCUT2D eigenvalue weighted by atomic mass is 16.5. The number of carbonyl (C=O) groups excluding carboxylic acids is 1.